The van der Waals surface area contributed by atoms with Gasteiger partial charge in [0.2, 0.25) is 0 Å². The molecule has 1 aliphatic rings. The summed E-state index contributed by atoms with van der Waals surface area (Å²) in [6, 6.07) is 4.19. The van der Waals surface area contributed by atoms with E-state index in [9.17, 15) is 5.11 Å². The van der Waals surface area contributed by atoms with Crippen LogP contribution in [0, 0.1) is 13.8 Å². The standard InChI is InChI=1S/C14H22N2O/c1-9-7-11(8-10(2)13(9)15)14(17)12-5-3-4-6-16-12/h7-8,12,14,16-17H,3-6,15H2,1-2H3. The van der Waals surface area contributed by atoms with Crippen molar-refractivity contribution in [1.82, 2.24) is 5.32 Å². The molecule has 0 spiro atoms. The molecule has 0 amide bonds. The second-order valence-electron chi connectivity index (χ2n) is 5.07. The fraction of sp³-hybridized carbons (Fsp3) is 0.571. The van der Waals surface area contributed by atoms with Crippen LogP contribution in [0.2, 0.25) is 0 Å². The zero-order chi connectivity index (χ0) is 12.4. The zero-order valence-corrected chi connectivity index (χ0v) is 10.7. The van der Waals surface area contributed by atoms with Crippen LogP contribution < -0.4 is 11.1 Å². The van der Waals surface area contributed by atoms with Crippen LogP contribution in [-0.4, -0.2) is 17.7 Å². The van der Waals surface area contributed by atoms with E-state index in [4.69, 9.17) is 5.73 Å². The van der Waals surface area contributed by atoms with Crippen molar-refractivity contribution in [2.24, 2.45) is 0 Å². The molecule has 1 fully saturated rings. The summed E-state index contributed by atoms with van der Waals surface area (Å²) in [4.78, 5) is 0. The maximum atomic E-state index is 10.4. The van der Waals surface area contributed by atoms with E-state index in [0.29, 0.717) is 0 Å². The smallest absolute Gasteiger partial charge is 0.0943 e. The maximum Gasteiger partial charge on any atom is 0.0943 e. The number of piperidine rings is 1. The van der Waals surface area contributed by atoms with Crippen LogP contribution in [0.3, 0.4) is 0 Å². The Hall–Kier alpha value is -1.06. The fourth-order valence-corrected chi connectivity index (χ4v) is 2.56. The first-order chi connectivity index (χ1) is 8.09. The van der Waals surface area contributed by atoms with Crippen LogP contribution in [0.25, 0.3) is 0 Å². The van der Waals surface area contributed by atoms with E-state index in [1.54, 1.807) is 0 Å². The van der Waals surface area contributed by atoms with Crippen LogP contribution >= 0.6 is 0 Å². The van der Waals surface area contributed by atoms with Gasteiger partial charge in [-0.3, -0.25) is 0 Å². The van der Waals surface area contributed by atoms with Gasteiger partial charge in [-0.25, -0.2) is 0 Å². The van der Waals surface area contributed by atoms with Crippen molar-refractivity contribution < 1.29 is 5.11 Å². The van der Waals surface area contributed by atoms with Gasteiger partial charge in [-0.2, -0.15) is 0 Å². The lowest BCUT2D eigenvalue weighted by Crippen LogP contribution is -2.38. The van der Waals surface area contributed by atoms with Crippen molar-refractivity contribution in [3.8, 4) is 0 Å². The van der Waals surface area contributed by atoms with Crippen molar-refractivity contribution in [1.29, 1.82) is 0 Å². The first-order valence-electron chi connectivity index (χ1n) is 6.37. The van der Waals surface area contributed by atoms with Gasteiger partial charge in [-0.1, -0.05) is 18.6 Å². The van der Waals surface area contributed by atoms with Gasteiger partial charge in [0, 0.05) is 11.7 Å². The Morgan fingerprint density at radius 1 is 1.29 bits per heavy atom. The molecule has 4 N–H and O–H groups in total. The Morgan fingerprint density at radius 3 is 2.47 bits per heavy atom. The second-order valence-corrected chi connectivity index (χ2v) is 5.07. The van der Waals surface area contributed by atoms with Crippen LogP contribution in [-0.2, 0) is 0 Å². The summed E-state index contributed by atoms with van der Waals surface area (Å²) in [5, 5.41) is 13.8. The Kier molecular flexibility index (Phi) is 3.69. The molecule has 2 rings (SSSR count). The van der Waals surface area contributed by atoms with Crippen molar-refractivity contribution >= 4 is 5.69 Å². The van der Waals surface area contributed by atoms with Gasteiger partial charge in [0.1, 0.15) is 0 Å². The third-order valence-corrected chi connectivity index (χ3v) is 3.69. The second kappa shape index (κ2) is 5.07. The number of nitrogens with one attached hydrogen (secondary N) is 1. The molecule has 3 heteroatoms. The average molecular weight is 234 g/mol. The van der Waals surface area contributed by atoms with E-state index >= 15 is 0 Å². The normalized spacial score (nSPS) is 22.4. The van der Waals surface area contributed by atoms with Gasteiger partial charge >= 0.3 is 0 Å². The van der Waals surface area contributed by atoms with Gasteiger partial charge in [0.05, 0.1) is 6.10 Å². The summed E-state index contributed by atoms with van der Waals surface area (Å²) in [6.45, 7) is 4.99. The van der Waals surface area contributed by atoms with Gasteiger partial charge in [-0.05, 0) is 49.9 Å². The number of hydrogen-bond donors (Lipinski definition) is 3. The van der Waals surface area contributed by atoms with Crippen LogP contribution in [0.15, 0.2) is 12.1 Å². The number of nitrogens with two attached hydrogens (primary N) is 1. The van der Waals surface area contributed by atoms with Crippen molar-refractivity contribution in [2.75, 3.05) is 12.3 Å². The number of aryl methyl sites for hydroxylation is 2. The van der Waals surface area contributed by atoms with Crippen LogP contribution in [0.1, 0.15) is 42.1 Å². The molecular formula is C14H22N2O. The molecule has 1 aromatic carbocycles. The molecule has 3 nitrogen and oxygen atoms in total. The number of nitrogen functional groups attached to an aromatic ring is 1. The van der Waals surface area contributed by atoms with Crippen LogP contribution in [0.4, 0.5) is 5.69 Å². The molecule has 1 saturated heterocycles. The average Bonchev–Trinajstić information content (AvgIpc) is 2.35. The first-order valence-corrected chi connectivity index (χ1v) is 6.37. The molecule has 0 radical (unpaired) electrons. The van der Waals surface area contributed by atoms with Crippen LogP contribution in [0.5, 0.6) is 0 Å². The van der Waals surface area contributed by atoms with E-state index < -0.39 is 6.10 Å². The van der Waals surface area contributed by atoms with E-state index in [1.165, 1.54) is 12.8 Å². The molecule has 94 valence electrons. The number of rotatable bonds is 2. The summed E-state index contributed by atoms with van der Waals surface area (Å²) in [7, 11) is 0. The van der Waals surface area contributed by atoms with Gasteiger partial charge in [0.25, 0.3) is 0 Å². The third-order valence-electron chi connectivity index (χ3n) is 3.69. The topological polar surface area (TPSA) is 58.3 Å². The van der Waals surface area contributed by atoms with E-state index in [-0.39, 0.29) is 6.04 Å². The summed E-state index contributed by atoms with van der Waals surface area (Å²) in [5.41, 5.74) is 9.84. The molecule has 1 aliphatic heterocycles. The van der Waals surface area contributed by atoms with Crippen molar-refractivity contribution in [3.05, 3.63) is 28.8 Å². The summed E-state index contributed by atoms with van der Waals surface area (Å²) < 4.78 is 0. The first kappa shape index (κ1) is 12.4. The minimum absolute atomic E-state index is 0.186. The molecule has 1 aromatic rings. The molecule has 0 aliphatic carbocycles. The Balaban J connectivity index is 2.21. The summed E-state index contributed by atoms with van der Waals surface area (Å²) >= 11 is 0. The lowest BCUT2D eigenvalue weighted by Gasteiger charge is -2.28. The SMILES string of the molecule is Cc1cc(C(O)C2CCCCN2)cc(C)c1N. The summed E-state index contributed by atoms with van der Waals surface area (Å²) in [5.74, 6) is 0. The molecule has 17 heavy (non-hydrogen) atoms. The Labute approximate surface area is 103 Å². The predicted octanol–water partition coefficient (Wildman–Crippen LogP) is 2.06. The molecule has 2 atom stereocenters. The molecule has 0 bridgehead atoms. The molecule has 2 unspecified atom stereocenters. The fourth-order valence-electron chi connectivity index (χ4n) is 2.56. The Morgan fingerprint density at radius 2 is 1.94 bits per heavy atom. The molecule has 0 aromatic heterocycles. The number of aliphatic hydroxyl groups excluding tert-OH is 1. The van der Waals surface area contributed by atoms with E-state index in [2.05, 4.69) is 5.32 Å². The van der Waals surface area contributed by atoms with E-state index in [0.717, 1.165) is 35.3 Å². The third kappa shape index (κ3) is 2.61. The lowest BCUT2D eigenvalue weighted by atomic mass is 9.92. The predicted molar refractivity (Wildman–Crippen MR) is 70.9 cm³/mol. The van der Waals surface area contributed by atoms with Crippen molar-refractivity contribution in [2.45, 2.75) is 45.3 Å². The molecule has 0 saturated carbocycles. The minimum atomic E-state index is -0.423. The van der Waals surface area contributed by atoms with Gasteiger partial charge in [0.15, 0.2) is 0 Å². The minimum Gasteiger partial charge on any atom is -0.398 e. The maximum absolute atomic E-state index is 10.4. The van der Waals surface area contributed by atoms with E-state index in [1.807, 2.05) is 26.0 Å². The van der Waals surface area contributed by atoms with Gasteiger partial charge in [-0.15, -0.1) is 0 Å². The van der Waals surface area contributed by atoms with Gasteiger partial charge < -0.3 is 16.2 Å². The van der Waals surface area contributed by atoms with Crippen molar-refractivity contribution in [3.63, 3.8) is 0 Å². The number of hydrogen-bond acceptors (Lipinski definition) is 3. The Bertz CT molecular complexity index is 374. The quantitative estimate of drug-likeness (QED) is 0.686. The lowest BCUT2D eigenvalue weighted by molar-refractivity contribution is 0.114. The highest BCUT2D eigenvalue weighted by molar-refractivity contribution is 5.54. The molecular weight excluding hydrogens is 212 g/mol. The summed E-state index contributed by atoms with van der Waals surface area (Å²) in [6.07, 6.45) is 3.03. The number of benzene rings is 1. The highest BCUT2D eigenvalue weighted by Crippen LogP contribution is 2.27. The monoisotopic (exact) mass is 234 g/mol. The molecule has 1 heterocycles. The number of aliphatic hydroxyl groups is 1. The highest BCUT2D eigenvalue weighted by atomic mass is 16.3. The zero-order valence-electron chi connectivity index (χ0n) is 10.7. The highest BCUT2D eigenvalue weighted by Gasteiger charge is 2.23. The number of anilines is 1. The largest absolute Gasteiger partial charge is 0.398 e.